The van der Waals surface area contributed by atoms with E-state index in [1.807, 2.05) is 0 Å². The molecule has 2 N–H and O–H groups in total. The van der Waals surface area contributed by atoms with E-state index in [4.69, 9.17) is 5.73 Å². The van der Waals surface area contributed by atoms with Crippen LogP contribution in [-0.4, -0.2) is 44.2 Å². The van der Waals surface area contributed by atoms with Crippen molar-refractivity contribution in [3.8, 4) is 11.4 Å². The van der Waals surface area contributed by atoms with Gasteiger partial charge in [0.15, 0.2) is 5.82 Å². The Labute approximate surface area is 166 Å². The topological polar surface area (TPSA) is 77.0 Å². The zero-order valence-electron chi connectivity index (χ0n) is 15.2. The first-order valence-corrected chi connectivity index (χ1v) is 8.89. The van der Waals surface area contributed by atoms with Crippen LogP contribution in [0.25, 0.3) is 17.6 Å². The number of nitrogens with zero attached hydrogens (tertiary/aromatic N) is 4. The normalized spacial score (nSPS) is 23.8. The molecule has 1 saturated carbocycles. The number of alkyl halides is 6. The third-order valence-corrected chi connectivity index (χ3v) is 5.37. The van der Waals surface area contributed by atoms with Gasteiger partial charge < -0.3 is 10.6 Å². The molecule has 160 valence electrons. The lowest BCUT2D eigenvalue weighted by Crippen LogP contribution is -2.50. The smallest absolute Gasteiger partial charge is 0.334 e. The highest BCUT2D eigenvalue weighted by atomic mass is 19.4. The average Bonchev–Trinajstić information content (AvgIpc) is 3.38. The van der Waals surface area contributed by atoms with Crippen LogP contribution in [0.2, 0.25) is 0 Å². The van der Waals surface area contributed by atoms with E-state index in [0.29, 0.717) is 18.7 Å². The molecule has 2 aromatic rings. The number of rotatable bonds is 3. The molecule has 3 fully saturated rings. The van der Waals surface area contributed by atoms with E-state index in [1.165, 1.54) is 12.3 Å². The second-order valence-electron chi connectivity index (χ2n) is 7.29. The number of amides is 1. The number of carbonyl (C=O) groups is 1. The SMILES string of the molecule is NC1C2CC1N(C(=O)/C=C\n1cnc(-c3cc(C(F)(F)F)cc(C(F)(F)F)c3)n1)C2. The maximum atomic E-state index is 13.0. The maximum absolute atomic E-state index is 13.0. The van der Waals surface area contributed by atoms with Gasteiger partial charge in [-0.25, -0.2) is 9.67 Å². The van der Waals surface area contributed by atoms with Crippen molar-refractivity contribution in [3.63, 3.8) is 0 Å². The van der Waals surface area contributed by atoms with E-state index in [0.717, 1.165) is 17.4 Å². The number of aromatic nitrogens is 3. The van der Waals surface area contributed by atoms with Crippen molar-refractivity contribution >= 4 is 12.1 Å². The van der Waals surface area contributed by atoms with Crippen LogP contribution in [0.3, 0.4) is 0 Å². The highest BCUT2D eigenvalue weighted by Crippen LogP contribution is 2.40. The molecule has 1 aromatic heterocycles. The number of hydrogen-bond donors (Lipinski definition) is 1. The Kier molecular flexibility index (Phi) is 4.64. The number of carbonyl (C=O) groups excluding carboxylic acids is 1. The maximum Gasteiger partial charge on any atom is 0.416 e. The van der Waals surface area contributed by atoms with Crippen molar-refractivity contribution < 1.29 is 31.1 Å². The third-order valence-electron chi connectivity index (χ3n) is 5.37. The Bertz CT molecular complexity index is 979. The third kappa shape index (κ3) is 3.66. The van der Waals surface area contributed by atoms with Crippen LogP contribution in [0, 0.1) is 5.92 Å². The highest BCUT2D eigenvalue weighted by Gasteiger charge is 2.51. The van der Waals surface area contributed by atoms with Gasteiger partial charge in [-0.15, -0.1) is 5.10 Å². The minimum atomic E-state index is -4.97. The molecule has 30 heavy (non-hydrogen) atoms. The monoisotopic (exact) mass is 431 g/mol. The summed E-state index contributed by atoms with van der Waals surface area (Å²) >= 11 is 0. The molecule has 3 aliphatic rings. The number of nitrogens with two attached hydrogens (primary N) is 1. The second kappa shape index (κ2) is 6.83. The van der Waals surface area contributed by atoms with E-state index in [9.17, 15) is 31.1 Å². The summed E-state index contributed by atoms with van der Waals surface area (Å²) in [6, 6.07) is 1.07. The lowest BCUT2D eigenvalue weighted by molar-refractivity contribution is -0.143. The molecule has 2 bridgehead atoms. The van der Waals surface area contributed by atoms with Crippen molar-refractivity contribution in [2.24, 2.45) is 11.7 Å². The van der Waals surface area contributed by atoms with Crippen LogP contribution < -0.4 is 5.73 Å². The Morgan fingerprint density at radius 2 is 1.73 bits per heavy atom. The van der Waals surface area contributed by atoms with Crippen molar-refractivity contribution in [1.29, 1.82) is 0 Å². The molecule has 5 rings (SSSR count). The lowest BCUT2D eigenvalue weighted by atomic mass is 9.81. The van der Waals surface area contributed by atoms with Gasteiger partial charge in [-0.2, -0.15) is 26.3 Å². The summed E-state index contributed by atoms with van der Waals surface area (Å²) in [6.07, 6.45) is -5.56. The summed E-state index contributed by atoms with van der Waals surface area (Å²) in [7, 11) is 0. The van der Waals surface area contributed by atoms with Crippen molar-refractivity contribution in [3.05, 3.63) is 41.7 Å². The fourth-order valence-electron chi connectivity index (χ4n) is 3.71. The van der Waals surface area contributed by atoms with Gasteiger partial charge in [0.25, 0.3) is 0 Å². The van der Waals surface area contributed by atoms with Gasteiger partial charge in [0.1, 0.15) is 6.33 Å². The Hall–Kier alpha value is -2.89. The molecule has 6 nitrogen and oxygen atoms in total. The zero-order valence-corrected chi connectivity index (χ0v) is 15.2. The molecule has 3 unspecified atom stereocenters. The molecule has 3 atom stereocenters. The summed E-state index contributed by atoms with van der Waals surface area (Å²) in [4.78, 5) is 17.7. The molecule has 1 aromatic carbocycles. The summed E-state index contributed by atoms with van der Waals surface area (Å²) < 4.78 is 79.1. The van der Waals surface area contributed by atoms with E-state index in [1.54, 1.807) is 4.90 Å². The average molecular weight is 431 g/mol. The molecule has 1 amide bonds. The van der Waals surface area contributed by atoms with Crippen LogP contribution in [0.1, 0.15) is 17.5 Å². The van der Waals surface area contributed by atoms with Crippen LogP contribution in [-0.2, 0) is 17.1 Å². The quantitative estimate of drug-likeness (QED) is 0.599. The van der Waals surface area contributed by atoms with Crippen LogP contribution in [0.15, 0.2) is 30.6 Å². The van der Waals surface area contributed by atoms with E-state index >= 15 is 0 Å². The fraction of sp³-hybridized carbons (Fsp3) is 0.389. The lowest BCUT2D eigenvalue weighted by Gasteiger charge is -2.32. The number of hydrogen-bond acceptors (Lipinski definition) is 4. The minimum absolute atomic E-state index is 0.00986. The summed E-state index contributed by atoms with van der Waals surface area (Å²) in [6.45, 7) is 0.558. The molecule has 3 heterocycles. The standard InChI is InChI=1S/C18H15F6N5O/c19-17(20,21)11-3-9(4-12(6-11)18(22,23)24)16-26-8-28(27-16)2-1-14(30)29-7-10-5-13(29)15(10)25/h1-4,6,8,10,13,15H,5,7,25H2/b2-1-. The van der Waals surface area contributed by atoms with Crippen LogP contribution >= 0.6 is 0 Å². The molecule has 2 saturated heterocycles. The van der Waals surface area contributed by atoms with Crippen molar-refractivity contribution in [1.82, 2.24) is 19.7 Å². The Morgan fingerprint density at radius 3 is 2.23 bits per heavy atom. The van der Waals surface area contributed by atoms with Gasteiger partial charge in [0, 0.05) is 36.5 Å². The van der Waals surface area contributed by atoms with Gasteiger partial charge in [-0.1, -0.05) is 0 Å². The first-order chi connectivity index (χ1) is 13.9. The van der Waals surface area contributed by atoms with Crippen LogP contribution in [0.4, 0.5) is 26.3 Å². The first-order valence-electron chi connectivity index (χ1n) is 8.89. The summed E-state index contributed by atoms with van der Waals surface area (Å²) in [5.41, 5.74) is 2.55. The largest absolute Gasteiger partial charge is 0.416 e. The first kappa shape index (κ1) is 20.4. The molecule has 0 spiro atoms. The fourth-order valence-corrected chi connectivity index (χ4v) is 3.71. The molecular formula is C18H15F6N5O. The van der Waals surface area contributed by atoms with Crippen molar-refractivity contribution in [2.75, 3.05) is 6.54 Å². The highest BCUT2D eigenvalue weighted by molar-refractivity contribution is 5.91. The predicted molar refractivity (Wildman–Crippen MR) is 92.4 cm³/mol. The number of fused-ring (bicyclic) bond motifs is 1. The predicted octanol–water partition coefficient (Wildman–Crippen LogP) is 3.01. The van der Waals surface area contributed by atoms with Gasteiger partial charge in [0.05, 0.1) is 11.1 Å². The van der Waals surface area contributed by atoms with E-state index in [2.05, 4.69) is 10.1 Å². The van der Waals surface area contributed by atoms with Gasteiger partial charge in [-0.3, -0.25) is 4.79 Å². The second-order valence-corrected chi connectivity index (χ2v) is 7.29. The molecule has 12 heteroatoms. The summed E-state index contributed by atoms with van der Waals surface area (Å²) in [5, 5.41) is 3.86. The van der Waals surface area contributed by atoms with E-state index in [-0.39, 0.29) is 35.8 Å². The number of halogens is 6. The van der Waals surface area contributed by atoms with Gasteiger partial charge in [-0.05, 0) is 30.5 Å². The summed E-state index contributed by atoms with van der Waals surface area (Å²) in [5.74, 6) is -0.353. The van der Waals surface area contributed by atoms with E-state index < -0.39 is 29.0 Å². The molecule has 0 radical (unpaired) electrons. The molecular weight excluding hydrogens is 416 g/mol. The van der Waals surface area contributed by atoms with Gasteiger partial charge >= 0.3 is 12.4 Å². The number of benzene rings is 1. The molecule has 2 aliphatic heterocycles. The Morgan fingerprint density at radius 1 is 1.10 bits per heavy atom. The molecule has 1 aliphatic carbocycles. The Balaban J connectivity index is 1.57. The minimum Gasteiger partial charge on any atom is -0.334 e. The van der Waals surface area contributed by atoms with Gasteiger partial charge in [0.2, 0.25) is 5.91 Å². The van der Waals surface area contributed by atoms with Crippen molar-refractivity contribution in [2.45, 2.75) is 30.9 Å². The zero-order chi connectivity index (χ0) is 21.8. The van der Waals surface area contributed by atoms with Crippen LogP contribution in [0.5, 0.6) is 0 Å².